The Morgan fingerprint density at radius 1 is 1.10 bits per heavy atom. The molecule has 0 fully saturated rings. The van der Waals surface area contributed by atoms with Gasteiger partial charge in [0.15, 0.2) is 0 Å². The summed E-state index contributed by atoms with van der Waals surface area (Å²) < 4.78 is 0. The number of carbonyl (C=O) groups excluding carboxylic acids is 1. The molecule has 1 unspecified atom stereocenters. The van der Waals surface area contributed by atoms with E-state index in [2.05, 4.69) is 5.32 Å². The van der Waals surface area contributed by atoms with Gasteiger partial charge in [-0.25, -0.2) is 0 Å². The number of amides is 1. The number of aliphatic hydroxyl groups excluding tert-OH is 1. The molecule has 20 heavy (non-hydrogen) atoms. The third-order valence-corrected chi connectivity index (χ3v) is 3.20. The standard InChI is InChI=1S/C17H19NO2/c1-13-7-5-6-10-16(13)17(20)18-12-15(19)11-14-8-3-2-4-9-14/h2-10,15,19H,11-12H2,1H3,(H,18,20). The van der Waals surface area contributed by atoms with E-state index in [1.807, 2.05) is 55.5 Å². The van der Waals surface area contributed by atoms with Crippen molar-refractivity contribution in [2.45, 2.75) is 19.4 Å². The van der Waals surface area contributed by atoms with Crippen LogP contribution in [0.1, 0.15) is 21.5 Å². The summed E-state index contributed by atoms with van der Waals surface area (Å²) in [4.78, 5) is 12.0. The average molecular weight is 269 g/mol. The molecule has 0 radical (unpaired) electrons. The van der Waals surface area contributed by atoms with Crippen LogP contribution in [0.2, 0.25) is 0 Å². The minimum absolute atomic E-state index is 0.143. The maximum Gasteiger partial charge on any atom is 0.251 e. The third kappa shape index (κ3) is 3.93. The van der Waals surface area contributed by atoms with Gasteiger partial charge in [-0.05, 0) is 24.1 Å². The van der Waals surface area contributed by atoms with Crippen LogP contribution in [-0.2, 0) is 6.42 Å². The van der Waals surface area contributed by atoms with Gasteiger partial charge in [-0.15, -0.1) is 0 Å². The van der Waals surface area contributed by atoms with Gasteiger partial charge in [-0.2, -0.15) is 0 Å². The molecule has 0 aliphatic carbocycles. The first-order valence-electron chi connectivity index (χ1n) is 6.72. The molecule has 0 aromatic heterocycles. The van der Waals surface area contributed by atoms with Gasteiger partial charge >= 0.3 is 0 Å². The van der Waals surface area contributed by atoms with E-state index < -0.39 is 6.10 Å². The number of carbonyl (C=O) groups is 1. The fraction of sp³-hybridized carbons (Fsp3) is 0.235. The number of aliphatic hydroxyl groups is 1. The normalized spacial score (nSPS) is 11.9. The molecule has 1 amide bonds. The quantitative estimate of drug-likeness (QED) is 0.875. The van der Waals surface area contributed by atoms with Crippen molar-refractivity contribution in [1.29, 1.82) is 0 Å². The maximum atomic E-state index is 12.0. The smallest absolute Gasteiger partial charge is 0.251 e. The molecule has 2 rings (SSSR count). The molecule has 0 saturated heterocycles. The molecule has 3 nitrogen and oxygen atoms in total. The Kier molecular flexibility index (Phi) is 4.91. The summed E-state index contributed by atoms with van der Waals surface area (Å²) in [6.45, 7) is 2.15. The summed E-state index contributed by atoms with van der Waals surface area (Å²) in [6, 6.07) is 17.2. The first-order chi connectivity index (χ1) is 9.66. The molecule has 2 aromatic carbocycles. The molecule has 0 bridgehead atoms. The average Bonchev–Trinajstić information content (AvgIpc) is 2.46. The number of hydrogen-bond donors (Lipinski definition) is 2. The second-order valence-electron chi connectivity index (χ2n) is 4.87. The summed E-state index contributed by atoms with van der Waals surface area (Å²) in [5.41, 5.74) is 2.65. The fourth-order valence-electron chi connectivity index (χ4n) is 2.09. The minimum Gasteiger partial charge on any atom is -0.391 e. The van der Waals surface area contributed by atoms with Crippen LogP contribution in [0.3, 0.4) is 0 Å². The van der Waals surface area contributed by atoms with Crippen molar-refractivity contribution in [3.63, 3.8) is 0 Å². The Labute approximate surface area is 119 Å². The molecule has 0 saturated carbocycles. The van der Waals surface area contributed by atoms with Gasteiger partial charge in [0.2, 0.25) is 0 Å². The van der Waals surface area contributed by atoms with Crippen LogP contribution in [-0.4, -0.2) is 23.7 Å². The van der Waals surface area contributed by atoms with Crippen LogP contribution in [0.15, 0.2) is 54.6 Å². The molecule has 104 valence electrons. The van der Waals surface area contributed by atoms with Crippen molar-refractivity contribution in [1.82, 2.24) is 5.32 Å². The van der Waals surface area contributed by atoms with E-state index in [-0.39, 0.29) is 12.5 Å². The van der Waals surface area contributed by atoms with E-state index in [0.29, 0.717) is 12.0 Å². The summed E-state index contributed by atoms with van der Waals surface area (Å²) in [6.07, 6.45) is -0.0418. The van der Waals surface area contributed by atoms with Gasteiger partial charge < -0.3 is 10.4 Å². The van der Waals surface area contributed by atoms with E-state index >= 15 is 0 Å². The van der Waals surface area contributed by atoms with Gasteiger partial charge in [0.25, 0.3) is 5.91 Å². The van der Waals surface area contributed by atoms with Gasteiger partial charge in [0.1, 0.15) is 0 Å². The van der Waals surface area contributed by atoms with Crippen LogP contribution < -0.4 is 5.32 Å². The largest absolute Gasteiger partial charge is 0.391 e. The van der Waals surface area contributed by atoms with Crippen molar-refractivity contribution in [2.75, 3.05) is 6.54 Å². The van der Waals surface area contributed by atoms with E-state index in [1.54, 1.807) is 6.07 Å². The summed E-state index contributed by atoms with van der Waals surface area (Å²) >= 11 is 0. The van der Waals surface area contributed by atoms with E-state index in [0.717, 1.165) is 11.1 Å². The SMILES string of the molecule is Cc1ccccc1C(=O)NCC(O)Cc1ccccc1. The Morgan fingerprint density at radius 3 is 2.45 bits per heavy atom. The Bertz CT molecular complexity index is 566. The van der Waals surface area contributed by atoms with Crippen LogP contribution in [0, 0.1) is 6.92 Å². The van der Waals surface area contributed by atoms with Gasteiger partial charge in [0.05, 0.1) is 6.10 Å². The highest BCUT2D eigenvalue weighted by atomic mass is 16.3. The lowest BCUT2D eigenvalue weighted by atomic mass is 10.1. The molecule has 2 N–H and O–H groups in total. The number of hydrogen-bond acceptors (Lipinski definition) is 2. The number of nitrogens with one attached hydrogen (secondary N) is 1. The van der Waals surface area contributed by atoms with Crippen molar-refractivity contribution >= 4 is 5.91 Å². The number of aryl methyl sites for hydroxylation is 1. The minimum atomic E-state index is -0.578. The molecule has 0 heterocycles. The van der Waals surface area contributed by atoms with Crippen molar-refractivity contribution in [2.24, 2.45) is 0 Å². The Hall–Kier alpha value is -2.13. The van der Waals surface area contributed by atoms with E-state index in [4.69, 9.17) is 0 Å². The van der Waals surface area contributed by atoms with Crippen LogP contribution >= 0.6 is 0 Å². The van der Waals surface area contributed by atoms with Gasteiger partial charge in [-0.1, -0.05) is 48.5 Å². The lowest BCUT2D eigenvalue weighted by Gasteiger charge is -2.13. The third-order valence-electron chi connectivity index (χ3n) is 3.20. The van der Waals surface area contributed by atoms with Crippen LogP contribution in [0.5, 0.6) is 0 Å². The first kappa shape index (κ1) is 14.3. The van der Waals surface area contributed by atoms with Crippen molar-refractivity contribution in [3.05, 3.63) is 71.3 Å². The molecule has 0 aliphatic rings. The molecular formula is C17H19NO2. The first-order valence-corrected chi connectivity index (χ1v) is 6.72. The Morgan fingerprint density at radius 2 is 1.75 bits per heavy atom. The molecule has 3 heteroatoms. The maximum absolute atomic E-state index is 12.0. The predicted molar refractivity (Wildman–Crippen MR) is 79.7 cm³/mol. The molecular weight excluding hydrogens is 250 g/mol. The second kappa shape index (κ2) is 6.87. The summed E-state index contributed by atoms with van der Waals surface area (Å²) in [5, 5.41) is 12.7. The highest BCUT2D eigenvalue weighted by Crippen LogP contribution is 2.07. The topological polar surface area (TPSA) is 49.3 Å². The van der Waals surface area contributed by atoms with Crippen molar-refractivity contribution in [3.8, 4) is 0 Å². The van der Waals surface area contributed by atoms with Gasteiger partial charge in [0, 0.05) is 18.5 Å². The lowest BCUT2D eigenvalue weighted by Crippen LogP contribution is -2.33. The van der Waals surface area contributed by atoms with Crippen LogP contribution in [0.25, 0.3) is 0 Å². The second-order valence-corrected chi connectivity index (χ2v) is 4.87. The molecule has 1 atom stereocenters. The highest BCUT2D eigenvalue weighted by molar-refractivity contribution is 5.95. The number of benzene rings is 2. The molecule has 0 spiro atoms. The predicted octanol–water partition coefficient (Wildman–Crippen LogP) is 2.33. The Balaban J connectivity index is 1.86. The molecule has 0 aliphatic heterocycles. The van der Waals surface area contributed by atoms with E-state index in [9.17, 15) is 9.90 Å². The summed E-state index contributed by atoms with van der Waals surface area (Å²) in [5.74, 6) is -0.143. The zero-order chi connectivity index (χ0) is 14.4. The monoisotopic (exact) mass is 269 g/mol. The van der Waals surface area contributed by atoms with E-state index in [1.165, 1.54) is 0 Å². The summed E-state index contributed by atoms with van der Waals surface area (Å²) in [7, 11) is 0. The zero-order valence-corrected chi connectivity index (χ0v) is 11.5. The zero-order valence-electron chi connectivity index (χ0n) is 11.5. The van der Waals surface area contributed by atoms with Gasteiger partial charge in [-0.3, -0.25) is 4.79 Å². The van der Waals surface area contributed by atoms with Crippen LogP contribution in [0.4, 0.5) is 0 Å². The molecule has 2 aromatic rings. The lowest BCUT2D eigenvalue weighted by molar-refractivity contribution is 0.0915. The highest BCUT2D eigenvalue weighted by Gasteiger charge is 2.11. The number of rotatable bonds is 5. The fourth-order valence-corrected chi connectivity index (χ4v) is 2.09. The van der Waals surface area contributed by atoms with Crippen molar-refractivity contribution < 1.29 is 9.90 Å².